The molecule has 0 atom stereocenters. The van der Waals surface area contributed by atoms with Crippen LogP contribution >= 0.6 is 0 Å². The van der Waals surface area contributed by atoms with Crippen LogP contribution in [0.5, 0.6) is 0 Å². The van der Waals surface area contributed by atoms with E-state index in [1.54, 1.807) is 10.0 Å². The third kappa shape index (κ3) is 8.59. The molecular weight excluding hydrogens is 284 g/mol. The first-order chi connectivity index (χ1) is 9.34. The second-order valence-corrected chi connectivity index (χ2v) is 7.87. The van der Waals surface area contributed by atoms with E-state index in [-0.39, 0.29) is 20.8 Å². The Labute approximate surface area is 132 Å². The van der Waals surface area contributed by atoms with Crippen molar-refractivity contribution in [1.82, 2.24) is 10.0 Å². The molecule has 1 radical (unpaired) electrons. The van der Waals surface area contributed by atoms with Gasteiger partial charge in [-0.1, -0.05) is 41.5 Å². The summed E-state index contributed by atoms with van der Waals surface area (Å²) in [5.41, 5.74) is -0.359. The fourth-order valence-electron chi connectivity index (χ4n) is 1.11. The molecule has 0 unspecified atom stereocenters. The topological polar surface area (TPSA) is 49.7 Å². The van der Waals surface area contributed by atoms with Gasteiger partial charge < -0.3 is 0 Å². The van der Waals surface area contributed by atoms with Crippen molar-refractivity contribution in [3.8, 4) is 0 Å². The van der Waals surface area contributed by atoms with Gasteiger partial charge in [0.1, 0.15) is 0 Å². The number of hydrogen-bond donors (Lipinski definition) is 0. The predicted molar refractivity (Wildman–Crippen MR) is 89.1 cm³/mol. The Morgan fingerprint density at radius 2 is 1.00 bits per heavy atom. The molecule has 0 rings (SSSR count). The molecule has 0 spiro atoms. The normalized spacial score (nSPS) is 13.8. The van der Waals surface area contributed by atoms with Gasteiger partial charge in [-0.15, -0.1) is 10.2 Å². The summed E-state index contributed by atoms with van der Waals surface area (Å²) >= 11 is 0. The van der Waals surface area contributed by atoms with Crippen LogP contribution in [0.25, 0.3) is 0 Å². The van der Waals surface area contributed by atoms with Crippen LogP contribution < -0.4 is 0 Å². The van der Waals surface area contributed by atoms with E-state index in [4.69, 9.17) is 8.85 Å². The molecule has 0 aromatic carbocycles. The first-order valence-electron chi connectivity index (χ1n) is 6.95. The van der Waals surface area contributed by atoms with Gasteiger partial charge in [0.05, 0.1) is 0 Å². The molecule has 0 aliphatic carbocycles. The minimum atomic E-state index is -0.179. The van der Waals surface area contributed by atoms with Gasteiger partial charge in [-0.3, -0.25) is 18.9 Å². The van der Waals surface area contributed by atoms with E-state index >= 15 is 0 Å². The van der Waals surface area contributed by atoms with Gasteiger partial charge in [-0.25, -0.2) is 0 Å². The van der Waals surface area contributed by atoms with Crippen LogP contribution in [0.3, 0.4) is 0 Å². The zero-order valence-corrected chi connectivity index (χ0v) is 16.1. The second-order valence-electron chi connectivity index (χ2n) is 7.29. The molecule has 0 saturated carbocycles. The SMILES string of the molecule is CN(C)/N=C(/O[Si+]O/C(=N/N(C)C)C(C)(C)C)C(C)(C)C. The van der Waals surface area contributed by atoms with Gasteiger partial charge in [0.25, 0.3) is 11.8 Å². The quantitative estimate of drug-likeness (QED) is 0.346. The molecule has 121 valence electrons. The number of hydrazone groups is 2. The van der Waals surface area contributed by atoms with E-state index in [1.807, 2.05) is 28.2 Å². The van der Waals surface area contributed by atoms with Gasteiger partial charge in [0, 0.05) is 39.0 Å². The summed E-state index contributed by atoms with van der Waals surface area (Å²) in [6.45, 7) is 12.3. The molecule has 0 heterocycles. The molecule has 0 aromatic rings. The maximum absolute atomic E-state index is 5.74. The van der Waals surface area contributed by atoms with Gasteiger partial charge in [-0.05, 0) is 0 Å². The summed E-state index contributed by atoms with van der Waals surface area (Å²) in [7, 11) is 7.30. The Hall–Kier alpha value is -1.24. The van der Waals surface area contributed by atoms with Crippen molar-refractivity contribution in [2.45, 2.75) is 41.5 Å². The lowest BCUT2D eigenvalue weighted by Crippen LogP contribution is -2.32. The molecule has 21 heavy (non-hydrogen) atoms. The highest BCUT2D eigenvalue weighted by molar-refractivity contribution is 6.27. The zero-order valence-electron chi connectivity index (χ0n) is 15.1. The maximum Gasteiger partial charge on any atom is 1.05 e. The van der Waals surface area contributed by atoms with Crippen molar-refractivity contribution in [3.05, 3.63) is 0 Å². The van der Waals surface area contributed by atoms with Gasteiger partial charge in [0.2, 0.25) is 0 Å². The molecule has 0 fully saturated rings. The number of rotatable bonds is 4. The molecular formula is C14H30N4O2Si+. The van der Waals surface area contributed by atoms with Crippen molar-refractivity contribution in [2.75, 3.05) is 28.2 Å². The third-order valence-corrected chi connectivity index (χ3v) is 2.69. The van der Waals surface area contributed by atoms with E-state index < -0.39 is 0 Å². The van der Waals surface area contributed by atoms with E-state index in [1.165, 1.54) is 0 Å². The molecule has 0 N–H and O–H groups in total. The van der Waals surface area contributed by atoms with Crippen LogP contribution in [-0.4, -0.2) is 60.0 Å². The summed E-state index contributed by atoms with van der Waals surface area (Å²) in [6.07, 6.45) is 0. The zero-order chi connectivity index (χ0) is 16.8. The average molecular weight is 315 g/mol. The Morgan fingerprint density at radius 3 is 1.19 bits per heavy atom. The highest BCUT2D eigenvalue weighted by atomic mass is 28.3. The van der Waals surface area contributed by atoms with E-state index in [0.29, 0.717) is 11.8 Å². The molecule has 0 aliphatic rings. The molecule has 7 heteroatoms. The lowest BCUT2D eigenvalue weighted by Gasteiger charge is -2.19. The van der Waals surface area contributed by atoms with Crippen molar-refractivity contribution in [1.29, 1.82) is 0 Å². The Kier molecular flexibility index (Phi) is 7.22. The Bertz CT molecular complexity index is 343. The van der Waals surface area contributed by atoms with Gasteiger partial charge in [0.15, 0.2) is 0 Å². The summed E-state index contributed by atoms with van der Waals surface area (Å²) in [6, 6.07) is 0. The fourth-order valence-corrected chi connectivity index (χ4v) is 2.00. The van der Waals surface area contributed by atoms with Crippen LogP contribution in [0.15, 0.2) is 10.2 Å². The monoisotopic (exact) mass is 314 g/mol. The predicted octanol–water partition coefficient (Wildman–Crippen LogP) is 2.40. The lowest BCUT2D eigenvalue weighted by atomic mass is 9.97. The van der Waals surface area contributed by atoms with Crippen LogP contribution in [0.1, 0.15) is 41.5 Å². The second kappa shape index (κ2) is 7.68. The van der Waals surface area contributed by atoms with E-state index in [9.17, 15) is 0 Å². The largest absolute Gasteiger partial charge is 1.05 e. The summed E-state index contributed by atoms with van der Waals surface area (Å²) < 4.78 is 11.5. The molecule has 0 saturated heterocycles. The molecule has 6 nitrogen and oxygen atoms in total. The standard InChI is InChI=1S/C14H30N4O2Si/c1-13(2,3)11(15-17(7)8)19-21-20-12(14(4,5)6)16-18(9)10/h1-10H3/q+1/b15-11+,16-12+. The lowest BCUT2D eigenvalue weighted by molar-refractivity contribution is 0.326. The smallest absolute Gasteiger partial charge is 0.300 e. The first-order valence-corrected chi connectivity index (χ1v) is 7.77. The third-order valence-electron chi connectivity index (χ3n) is 2.14. The highest BCUT2D eigenvalue weighted by Crippen LogP contribution is 2.19. The van der Waals surface area contributed by atoms with Crippen molar-refractivity contribution < 1.29 is 8.85 Å². The molecule has 0 amide bonds. The molecule has 0 aliphatic heterocycles. The fraction of sp³-hybridized carbons (Fsp3) is 0.857. The summed E-state index contributed by atoms with van der Waals surface area (Å²) in [5.74, 6) is 1.29. The summed E-state index contributed by atoms with van der Waals surface area (Å²) in [5, 5.41) is 12.2. The Morgan fingerprint density at radius 1 is 0.714 bits per heavy atom. The highest BCUT2D eigenvalue weighted by Gasteiger charge is 2.37. The van der Waals surface area contributed by atoms with Crippen LogP contribution in [0.2, 0.25) is 0 Å². The summed E-state index contributed by atoms with van der Waals surface area (Å²) in [4.78, 5) is 0. The average Bonchev–Trinajstić information content (AvgIpc) is 2.22. The van der Waals surface area contributed by atoms with Crippen LogP contribution in [-0.2, 0) is 8.85 Å². The van der Waals surface area contributed by atoms with E-state index in [2.05, 4.69) is 51.7 Å². The minimum absolute atomic E-state index is 0.176. The van der Waals surface area contributed by atoms with Crippen molar-refractivity contribution in [3.63, 3.8) is 0 Å². The Balaban J connectivity index is 4.83. The maximum atomic E-state index is 5.74. The first kappa shape index (κ1) is 19.8. The van der Waals surface area contributed by atoms with Gasteiger partial charge in [-0.2, -0.15) is 0 Å². The number of hydrogen-bond acceptors (Lipinski definition) is 6. The van der Waals surface area contributed by atoms with Crippen LogP contribution in [0.4, 0.5) is 0 Å². The minimum Gasteiger partial charge on any atom is -0.300 e. The molecule has 0 aromatic heterocycles. The van der Waals surface area contributed by atoms with Crippen molar-refractivity contribution >= 4 is 21.8 Å². The van der Waals surface area contributed by atoms with Crippen LogP contribution in [0, 0.1) is 10.8 Å². The molecule has 0 bridgehead atoms. The van der Waals surface area contributed by atoms with Crippen molar-refractivity contribution in [2.24, 2.45) is 21.0 Å². The van der Waals surface area contributed by atoms with E-state index in [0.717, 1.165) is 0 Å². The number of nitrogens with zero attached hydrogens (tertiary/aromatic N) is 4. The van der Waals surface area contributed by atoms with Gasteiger partial charge >= 0.3 is 10.0 Å².